The molecule has 2 aromatic rings. The summed E-state index contributed by atoms with van der Waals surface area (Å²) in [5, 5.41) is 15.0. The molecule has 0 saturated carbocycles. The van der Waals surface area contributed by atoms with Gasteiger partial charge in [0, 0.05) is 12.6 Å². The Bertz CT molecular complexity index is 475. The molecule has 92 valence electrons. The van der Waals surface area contributed by atoms with Crippen molar-refractivity contribution < 1.29 is 4.52 Å². The van der Waals surface area contributed by atoms with Gasteiger partial charge in [0.2, 0.25) is 5.89 Å². The second-order valence-corrected chi connectivity index (χ2v) is 4.18. The molecule has 0 radical (unpaired) electrons. The molecule has 0 aliphatic carbocycles. The van der Waals surface area contributed by atoms with E-state index in [9.17, 15) is 0 Å². The van der Waals surface area contributed by atoms with Crippen LogP contribution in [0.4, 0.5) is 0 Å². The van der Waals surface area contributed by atoms with Gasteiger partial charge >= 0.3 is 0 Å². The number of nitrogens with one attached hydrogen (secondary N) is 1. The van der Waals surface area contributed by atoms with E-state index >= 15 is 0 Å². The van der Waals surface area contributed by atoms with E-state index < -0.39 is 0 Å². The van der Waals surface area contributed by atoms with Gasteiger partial charge in [0.25, 0.3) is 0 Å². The van der Waals surface area contributed by atoms with Gasteiger partial charge in [-0.25, -0.2) is 4.68 Å². The van der Waals surface area contributed by atoms with Gasteiger partial charge in [-0.05, 0) is 6.92 Å². The second-order valence-electron chi connectivity index (χ2n) is 4.18. The molecule has 0 atom stereocenters. The molecule has 0 spiro atoms. The van der Waals surface area contributed by atoms with E-state index in [1.54, 1.807) is 11.6 Å². The van der Waals surface area contributed by atoms with Crippen LogP contribution < -0.4 is 5.32 Å². The Labute approximate surface area is 99.2 Å². The smallest absolute Gasteiger partial charge is 0.248 e. The van der Waals surface area contributed by atoms with Gasteiger partial charge in [-0.1, -0.05) is 24.2 Å². The number of aromatic nitrogens is 5. The monoisotopic (exact) mass is 236 g/mol. The van der Waals surface area contributed by atoms with Gasteiger partial charge < -0.3 is 9.84 Å². The minimum absolute atomic E-state index is 0.429. The highest BCUT2D eigenvalue weighted by Gasteiger charge is 2.06. The summed E-state index contributed by atoms with van der Waals surface area (Å²) < 4.78 is 6.70. The summed E-state index contributed by atoms with van der Waals surface area (Å²) in [7, 11) is 0. The molecule has 7 heteroatoms. The third kappa shape index (κ3) is 3.35. The average Bonchev–Trinajstić information content (AvgIpc) is 2.86. The van der Waals surface area contributed by atoms with Crippen molar-refractivity contribution in [2.45, 2.75) is 39.9 Å². The van der Waals surface area contributed by atoms with Crippen molar-refractivity contribution in [1.29, 1.82) is 0 Å². The normalized spacial score (nSPS) is 11.3. The summed E-state index contributed by atoms with van der Waals surface area (Å²) in [5.74, 6) is 1.16. The maximum Gasteiger partial charge on any atom is 0.248 e. The van der Waals surface area contributed by atoms with Crippen LogP contribution in [-0.2, 0) is 13.1 Å². The lowest BCUT2D eigenvalue weighted by Gasteiger charge is -2.03. The average molecular weight is 236 g/mol. The SMILES string of the molecule is Cc1noc(Cn2cc(CNC(C)C)nn2)n1. The first kappa shape index (κ1) is 11.7. The van der Waals surface area contributed by atoms with E-state index in [0.29, 0.717) is 30.8 Å². The summed E-state index contributed by atoms with van der Waals surface area (Å²) in [6.07, 6.45) is 1.87. The predicted octanol–water partition coefficient (Wildman–Crippen LogP) is 0.516. The van der Waals surface area contributed by atoms with Crippen molar-refractivity contribution >= 4 is 0 Å². The van der Waals surface area contributed by atoms with Gasteiger partial charge in [0.05, 0.1) is 11.9 Å². The van der Waals surface area contributed by atoms with E-state index in [2.05, 4.69) is 39.6 Å². The molecule has 2 heterocycles. The van der Waals surface area contributed by atoms with Crippen molar-refractivity contribution in [2.75, 3.05) is 0 Å². The number of nitrogens with zero attached hydrogens (tertiary/aromatic N) is 5. The number of hydrogen-bond acceptors (Lipinski definition) is 6. The molecule has 1 N–H and O–H groups in total. The molecular formula is C10H16N6O. The van der Waals surface area contributed by atoms with Crippen molar-refractivity contribution in [3.05, 3.63) is 23.6 Å². The molecule has 0 fully saturated rings. The molecule has 0 aliphatic rings. The molecule has 0 bridgehead atoms. The lowest BCUT2D eigenvalue weighted by atomic mass is 10.3. The summed E-state index contributed by atoms with van der Waals surface area (Å²) in [4.78, 5) is 4.11. The molecule has 0 aromatic carbocycles. The van der Waals surface area contributed by atoms with Gasteiger partial charge in [-0.15, -0.1) is 5.10 Å². The highest BCUT2D eigenvalue weighted by Crippen LogP contribution is 2.00. The van der Waals surface area contributed by atoms with Crippen LogP contribution in [0.1, 0.15) is 31.3 Å². The Morgan fingerprint density at radius 2 is 2.29 bits per heavy atom. The molecule has 0 aliphatic heterocycles. The summed E-state index contributed by atoms with van der Waals surface area (Å²) in [6, 6.07) is 0.429. The second kappa shape index (κ2) is 5.05. The van der Waals surface area contributed by atoms with Crippen LogP contribution >= 0.6 is 0 Å². The molecular weight excluding hydrogens is 220 g/mol. The fourth-order valence-electron chi connectivity index (χ4n) is 1.35. The third-order valence-electron chi connectivity index (χ3n) is 2.14. The van der Waals surface area contributed by atoms with Gasteiger partial charge in [-0.2, -0.15) is 4.98 Å². The zero-order valence-electron chi connectivity index (χ0n) is 10.2. The summed E-state index contributed by atoms with van der Waals surface area (Å²) in [5.41, 5.74) is 0.898. The number of aryl methyl sites for hydroxylation is 1. The van der Waals surface area contributed by atoms with Crippen LogP contribution in [0, 0.1) is 6.92 Å². The molecule has 0 amide bonds. The largest absolute Gasteiger partial charge is 0.337 e. The van der Waals surface area contributed by atoms with E-state index in [4.69, 9.17) is 4.52 Å². The first-order valence-corrected chi connectivity index (χ1v) is 5.55. The lowest BCUT2D eigenvalue weighted by Crippen LogP contribution is -2.21. The van der Waals surface area contributed by atoms with Crippen molar-refractivity contribution in [3.63, 3.8) is 0 Å². The van der Waals surface area contributed by atoms with Crippen molar-refractivity contribution in [2.24, 2.45) is 0 Å². The van der Waals surface area contributed by atoms with Gasteiger partial charge in [-0.3, -0.25) is 0 Å². The highest BCUT2D eigenvalue weighted by molar-refractivity contribution is 4.93. The lowest BCUT2D eigenvalue weighted by molar-refractivity contribution is 0.361. The molecule has 0 saturated heterocycles. The van der Waals surface area contributed by atoms with E-state index in [1.807, 2.05) is 6.20 Å². The van der Waals surface area contributed by atoms with Gasteiger partial charge in [0.15, 0.2) is 5.82 Å². The summed E-state index contributed by atoms with van der Waals surface area (Å²) >= 11 is 0. The van der Waals surface area contributed by atoms with Crippen LogP contribution in [-0.4, -0.2) is 31.2 Å². The molecule has 7 nitrogen and oxygen atoms in total. The zero-order valence-corrected chi connectivity index (χ0v) is 10.2. The number of rotatable bonds is 5. The predicted molar refractivity (Wildman–Crippen MR) is 60.1 cm³/mol. The van der Waals surface area contributed by atoms with Crippen LogP contribution in [0.25, 0.3) is 0 Å². The van der Waals surface area contributed by atoms with Crippen LogP contribution in [0.5, 0.6) is 0 Å². The Kier molecular flexibility index (Phi) is 3.48. The quantitative estimate of drug-likeness (QED) is 0.814. The van der Waals surface area contributed by atoms with Crippen molar-refractivity contribution in [3.8, 4) is 0 Å². The summed E-state index contributed by atoms with van der Waals surface area (Å²) in [6.45, 7) is 7.12. The maximum absolute atomic E-state index is 5.01. The van der Waals surface area contributed by atoms with E-state index in [0.717, 1.165) is 5.69 Å². The Morgan fingerprint density at radius 1 is 1.47 bits per heavy atom. The number of hydrogen-bond donors (Lipinski definition) is 1. The highest BCUT2D eigenvalue weighted by atomic mass is 16.5. The maximum atomic E-state index is 5.01. The first-order chi connectivity index (χ1) is 8.13. The minimum atomic E-state index is 0.429. The first-order valence-electron chi connectivity index (χ1n) is 5.55. The van der Waals surface area contributed by atoms with Gasteiger partial charge in [0.1, 0.15) is 6.54 Å². The van der Waals surface area contributed by atoms with Crippen molar-refractivity contribution in [1.82, 2.24) is 30.5 Å². The Balaban J connectivity index is 1.94. The third-order valence-corrected chi connectivity index (χ3v) is 2.14. The van der Waals surface area contributed by atoms with Crippen LogP contribution in [0.2, 0.25) is 0 Å². The van der Waals surface area contributed by atoms with E-state index in [1.165, 1.54) is 0 Å². The molecule has 0 unspecified atom stereocenters. The van der Waals surface area contributed by atoms with Crippen LogP contribution in [0.15, 0.2) is 10.7 Å². The fourth-order valence-corrected chi connectivity index (χ4v) is 1.35. The van der Waals surface area contributed by atoms with Crippen LogP contribution in [0.3, 0.4) is 0 Å². The standard InChI is InChI=1S/C10H16N6O/c1-7(2)11-4-9-5-16(15-13-9)6-10-12-8(3)14-17-10/h5,7,11H,4,6H2,1-3H3. The fraction of sp³-hybridized carbons (Fsp3) is 0.600. The van der Waals surface area contributed by atoms with E-state index in [-0.39, 0.29) is 0 Å². The Morgan fingerprint density at radius 3 is 2.94 bits per heavy atom. The molecule has 17 heavy (non-hydrogen) atoms. The minimum Gasteiger partial charge on any atom is -0.337 e. The Hall–Kier alpha value is -1.76. The topological polar surface area (TPSA) is 81.7 Å². The zero-order chi connectivity index (χ0) is 12.3. The molecule has 2 rings (SSSR count). The molecule has 2 aromatic heterocycles.